The summed E-state index contributed by atoms with van der Waals surface area (Å²) in [5, 5.41) is 10.4. The molecule has 0 bridgehead atoms. The minimum absolute atomic E-state index is 0.527. The Balaban J connectivity index is 2.22. The van der Waals surface area contributed by atoms with E-state index in [4.69, 9.17) is 0 Å². The Morgan fingerprint density at radius 2 is 1.79 bits per heavy atom. The molecule has 0 fully saturated rings. The van der Waals surface area contributed by atoms with Gasteiger partial charge < -0.3 is 5.11 Å². The molecule has 0 amide bonds. The second kappa shape index (κ2) is 6.21. The van der Waals surface area contributed by atoms with E-state index in [1.165, 1.54) is 11.1 Å². The van der Waals surface area contributed by atoms with Crippen molar-refractivity contribution in [2.24, 2.45) is 0 Å². The van der Waals surface area contributed by atoms with Crippen molar-refractivity contribution in [3.05, 3.63) is 55.7 Å². The fourth-order valence-electron chi connectivity index (χ4n) is 2.03. The van der Waals surface area contributed by atoms with Gasteiger partial charge in [0.25, 0.3) is 0 Å². The second-order valence-corrected chi connectivity index (χ2v) is 7.39. The van der Waals surface area contributed by atoms with Gasteiger partial charge in [0.15, 0.2) is 0 Å². The van der Waals surface area contributed by atoms with Gasteiger partial charge in [-0.1, -0.05) is 38.1 Å². The number of aryl methyl sites for hydroxylation is 1. The van der Waals surface area contributed by atoms with Crippen molar-refractivity contribution in [3.8, 4) is 0 Å². The summed E-state index contributed by atoms with van der Waals surface area (Å²) >= 11 is 5.10. The zero-order valence-corrected chi connectivity index (χ0v) is 13.9. The predicted molar refractivity (Wildman–Crippen MR) is 86.0 cm³/mol. The van der Waals surface area contributed by atoms with Crippen molar-refractivity contribution >= 4 is 27.3 Å². The van der Waals surface area contributed by atoms with Gasteiger partial charge in [-0.3, -0.25) is 0 Å². The first kappa shape index (κ1) is 14.8. The molecule has 0 saturated heterocycles. The third-order valence-electron chi connectivity index (χ3n) is 3.58. The van der Waals surface area contributed by atoms with E-state index in [0.717, 1.165) is 20.6 Å². The molecule has 0 radical (unpaired) electrons. The van der Waals surface area contributed by atoms with Crippen molar-refractivity contribution in [2.75, 3.05) is 0 Å². The van der Waals surface area contributed by atoms with Crippen LogP contribution in [0.25, 0.3) is 0 Å². The van der Waals surface area contributed by atoms with E-state index in [0.29, 0.717) is 5.92 Å². The molecule has 3 heteroatoms. The number of hydrogen-bond donors (Lipinski definition) is 1. The third-order valence-corrected chi connectivity index (χ3v) is 5.77. The standard InChI is InChI=1S/C16H19BrOS/c1-4-10(2)12-5-7-13(8-6-12)15(18)14-9-11(3)16(17)19-14/h5-10,15,18H,4H2,1-3H3. The molecule has 1 heterocycles. The number of hydrogen-bond acceptors (Lipinski definition) is 2. The lowest BCUT2D eigenvalue weighted by Crippen LogP contribution is -1.98. The van der Waals surface area contributed by atoms with E-state index in [9.17, 15) is 5.11 Å². The highest BCUT2D eigenvalue weighted by molar-refractivity contribution is 9.11. The van der Waals surface area contributed by atoms with Crippen LogP contribution in [-0.2, 0) is 0 Å². The molecular formula is C16H19BrOS. The van der Waals surface area contributed by atoms with Crippen LogP contribution in [0.5, 0.6) is 0 Å². The summed E-state index contributed by atoms with van der Waals surface area (Å²) in [6.45, 7) is 6.47. The van der Waals surface area contributed by atoms with Crippen molar-refractivity contribution in [1.82, 2.24) is 0 Å². The zero-order chi connectivity index (χ0) is 14.0. The SMILES string of the molecule is CCC(C)c1ccc(C(O)c2cc(C)c(Br)s2)cc1. The second-order valence-electron chi connectivity index (χ2n) is 4.98. The summed E-state index contributed by atoms with van der Waals surface area (Å²) in [5.74, 6) is 0.573. The largest absolute Gasteiger partial charge is 0.383 e. The minimum Gasteiger partial charge on any atom is -0.383 e. The van der Waals surface area contributed by atoms with E-state index < -0.39 is 6.10 Å². The van der Waals surface area contributed by atoms with Crippen molar-refractivity contribution in [1.29, 1.82) is 0 Å². The first-order chi connectivity index (χ1) is 9.02. The van der Waals surface area contributed by atoms with Gasteiger partial charge in [-0.15, -0.1) is 11.3 Å². The van der Waals surface area contributed by atoms with Crippen LogP contribution in [0.4, 0.5) is 0 Å². The first-order valence-electron chi connectivity index (χ1n) is 6.56. The highest BCUT2D eigenvalue weighted by Crippen LogP contribution is 2.34. The number of thiophene rings is 1. The Morgan fingerprint density at radius 3 is 2.26 bits per heavy atom. The molecule has 19 heavy (non-hydrogen) atoms. The van der Waals surface area contributed by atoms with Crippen molar-refractivity contribution < 1.29 is 5.11 Å². The summed E-state index contributed by atoms with van der Waals surface area (Å²) in [6.07, 6.45) is 0.611. The summed E-state index contributed by atoms with van der Waals surface area (Å²) in [5.41, 5.74) is 3.47. The Kier molecular flexibility index (Phi) is 4.82. The highest BCUT2D eigenvalue weighted by atomic mass is 79.9. The Labute approximate surface area is 127 Å². The molecule has 2 rings (SSSR count). The maximum absolute atomic E-state index is 10.4. The summed E-state index contributed by atoms with van der Waals surface area (Å²) in [6, 6.07) is 10.4. The summed E-state index contributed by atoms with van der Waals surface area (Å²) in [4.78, 5) is 0.987. The lowest BCUT2D eigenvalue weighted by molar-refractivity contribution is 0.224. The molecule has 1 aromatic heterocycles. The first-order valence-corrected chi connectivity index (χ1v) is 8.17. The van der Waals surface area contributed by atoms with Crippen LogP contribution in [-0.4, -0.2) is 5.11 Å². The van der Waals surface area contributed by atoms with Crippen LogP contribution in [0.2, 0.25) is 0 Å². The van der Waals surface area contributed by atoms with Gasteiger partial charge in [0.2, 0.25) is 0 Å². The van der Waals surface area contributed by atoms with Gasteiger partial charge in [0, 0.05) is 4.88 Å². The molecule has 102 valence electrons. The summed E-state index contributed by atoms with van der Waals surface area (Å²) < 4.78 is 1.10. The maximum Gasteiger partial charge on any atom is 0.113 e. The van der Waals surface area contributed by atoms with E-state index in [1.807, 2.05) is 25.1 Å². The highest BCUT2D eigenvalue weighted by Gasteiger charge is 2.14. The van der Waals surface area contributed by atoms with E-state index >= 15 is 0 Å². The minimum atomic E-state index is -0.527. The number of aliphatic hydroxyl groups is 1. The predicted octanol–water partition coefficient (Wildman–Crippen LogP) is 5.41. The molecule has 1 nitrogen and oxygen atoms in total. The third kappa shape index (κ3) is 3.28. The smallest absolute Gasteiger partial charge is 0.113 e. The van der Waals surface area contributed by atoms with Crippen molar-refractivity contribution in [3.63, 3.8) is 0 Å². The Morgan fingerprint density at radius 1 is 1.21 bits per heavy atom. The number of halogens is 1. The van der Waals surface area contributed by atoms with Crippen LogP contribution in [0.1, 0.15) is 53.9 Å². The molecule has 1 aromatic carbocycles. The van der Waals surface area contributed by atoms with Crippen LogP contribution in [0.3, 0.4) is 0 Å². The van der Waals surface area contributed by atoms with Gasteiger partial charge in [-0.2, -0.15) is 0 Å². The normalized spacial score (nSPS) is 14.4. The maximum atomic E-state index is 10.4. The van der Waals surface area contributed by atoms with Crippen molar-refractivity contribution in [2.45, 2.75) is 39.2 Å². The van der Waals surface area contributed by atoms with Gasteiger partial charge in [0.05, 0.1) is 3.79 Å². The molecular weight excluding hydrogens is 320 g/mol. The van der Waals surface area contributed by atoms with Crippen LogP contribution < -0.4 is 0 Å². The molecule has 0 saturated carbocycles. The average molecular weight is 339 g/mol. The number of rotatable bonds is 4. The molecule has 2 unspecified atom stereocenters. The fourth-order valence-corrected chi connectivity index (χ4v) is 3.61. The van der Waals surface area contributed by atoms with E-state index in [-0.39, 0.29) is 0 Å². The molecule has 0 aliphatic heterocycles. The Hall–Kier alpha value is -0.640. The zero-order valence-electron chi connectivity index (χ0n) is 11.5. The fraction of sp³-hybridized carbons (Fsp3) is 0.375. The van der Waals surface area contributed by atoms with E-state index in [2.05, 4.69) is 41.9 Å². The Bertz CT molecular complexity index is 525. The lowest BCUT2D eigenvalue weighted by Gasteiger charge is -2.12. The topological polar surface area (TPSA) is 20.2 Å². The number of benzene rings is 1. The van der Waals surface area contributed by atoms with Gasteiger partial charge in [0.1, 0.15) is 6.10 Å². The quantitative estimate of drug-likeness (QED) is 0.789. The van der Waals surface area contributed by atoms with Gasteiger partial charge in [-0.05, 0) is 57.9 Å². The lowest BCUT2D eigenvalue weighted by atomic mass is 9.96. The van der Waals surface area contributed by atoms with Crippen LogP contribution in [0.15, 0.2) is 34.1 Å². The molecule has 1 N–H and O–H groups in total. The van der Waals surface area contributed by atoms with Gasteiger partial charge in [-0.25, -0.2) is 0 Å². The molecule has 2 aromatic rings. The molecule has 0 spiro atoms. The van der Waals surface area contributed by atoms with Gasteiger partial charge >= 0.3 is 0 Å². The average Bonchev–Trinajstić information content (AvgIpc) is 2.77. The molecule has 2 atom stereocenters. The van der Waals surface area contributed by atoms with E-state index in [1.54, 1.807) is 11.3 Å². The number of aliphatic hydroxyl groups excluding tert-OH is 1. The molecule has 0 aliphatic rings. The summed E-state index contributed by atoms with van der Waals surface area (Å²) in [7, 11) is 0. The molecule has 0 aliphatic carbocycles. The monoisotopic (exact) mass is 338 g/mol. The van der Waals surface area contributed by atoms with Crippen LogP contribution >= 0.6 is 27.3 Å². The van der Waals surface area contributed by atoms with Crippen LogP contribution in [0, 0.1) is 6.92 Å².